The van der Waals surface area contributed by atoms with Crippen LogP contribution in [0.5, 0.6) is 0 Å². The molecule has 1 amide bonds. The first-order chi connectivity index (χ1) is 14.0. The SMILES string of the molecule is COCC1CCC2(CCN(C(=O)c3cccc(Cl)c3)CC2)N1C.O=C(O)C(F)(F)F. The van der Waals surface area contributed by atoms with E-state index in [1.807, 2.05) is 17.0 Å². The number of ether oxygens (including phenoxy) is 1. The summed E-state index contributed by atoms with van der Waals surface area (Å²) in [6.07, 6.45) is -0.616. The van der Waals surface area contributed by atoms with Gasteiger partial charge in [-0.25, -0.2) is 4.79 Å². The molecule has 0 aliphatic carbocycles. The van der Waals surface area contributed by atoms with Crippen LogP contribution < -0.4 is 0 Å². The van der Waals surface area contributed by atoms with Crippen molar-refractivity contribution in [1.29, 1.82) is 0 Å². The number of nitrogens with zero attached hydrogens (tertiary/aromatic N) is 2. The van der Waals surface area contributed by atoms with Crippen LogP contribution >= 0.6 is 11.6 Å². The lowest BCUT2D eigenvalue weighted by Gasteiger charge is -2.45. The highest BCUT2D eigenvalue weighted by molar-refractivity contribution is 6.30. The fourth-order valence-electron chi connectivity index (χ4n) is 4.11. The maximum Gasteiger partial charge on any atom is 0.490 e. The van der Waals surface area contributed by atoms with Gasteiger partial charge in [-0.05, 0) is 50.9 Å². The Hall–Kier alpha value is -1.84. The Morgan fingerprint density at radius 1 is 1.27 bits per heavy atom. The molecular weight excluding hydrogens is 425 g/mol. The van der Waals surface area contributed by atoms with Crippen molar-refractivity contribution >= 4 is 23.5 Å². The Balaban J connectivity index is 0.000000396. The molecule has 2 heterocycles. The van der Waals surface area contributed by atoms with Crippen LogP contribution in [0.4, 0.5) is 13.2 Å². The van der Waals surface area contributed by atoms with E-state index in [-0.39, 0.29) is 11.4 Å². The van der Waals surface area contributed by atoms with Gasteiger partial charge in [-0.2, -0.15) is 13.2 Å². The van der Waals surface area contributed by atoms with Gasteiger partial charge in [0, 0.05) is 42.4 Å². The van der Waals surface area contributed by atoms with E-state index >= 15 is 0 Å². The Morgan fingerprint density at radius 3 is 2.37 bits per heavy atom. The first-order valence-corrected chi connectivity index (χ1v) is 9.95. The van der Waals surface area contributed by atoms with Crippen molar-refractivity contribution in [1.82, 2.24) is 9.80 Å². The average Bonchev–Trinajstić information content (AvgIpc) is 2.98. The van der Waals surface area contributed by atoms with Crippen LogP contribution in [-0.2, 0) is 9.53 Å². The molecule has 3 rings (SSSR count). The van der Waals surface area contributed by atoms with Crippen molar-refractivity contribution in [3.05, 3.63) is 34.9 Å². The molecule has 0 radical (unpaired) electrons. The third kappa shape index (κ3) is 5.86. The van der Waals surface area contributed by atoms with E-state index < -0.39 is 12.1 Å². The molecule has 0 saturated carbocycles. The molecule has 2 saturated heterocycles. The van der Waals surface area contributed by atoms with Gasteiger partial charge in [-0.3, -0.25) is 9.69 Å². The number of carbonyl (C=O) groups is 2. The van der Waals surface area contributed by atoms with E-state index in [0.29, 0.717) is 16.6 Å². The highest BCUT2D eigenvalue weighted by Gasteiger charge is 2.46. The molecule has 1 unspecified atom stereocenters. The van der Waals surface area contributed by atoms with Gasteiger partial charge in [-0.1, -0.05) is 17.7 Å². The van der Waals surface area contributed by atoms with E-state index in [1.165, 1.54) is 12.8 Å². The maximum absolute atomic E-state index is 12.6. The molecule has 2 fully saturated rings. The monoisotopic (exact) mass is 450 g/mol. The minimum atomic E-state index is -5.08. The number of halogens is 4. The molecule has 0 aromatic heterocycles. The number of hydrogen-bond acceptors (Lipinski definition) is 4. The van der Waals surface area contributed by atoms with Crippen molar-refractivity contribution in [2.75, 3.05) is 33.9 Å². The number of carboxylic acid groups (broad SMARTS) is 1. The van der Waals surface area contributed by atoms with Crippen LogP contribution in [0, 0.1) is 0 Å². The minimum absolute atomic E-state index is 0.0939. The van der Waals surface area contributed by atoms with Gasteiger partial charge in [0.1, 0.15) is 0 Å². The number of rotatable bonds is 3. The van der Waals surface area contributed by atoms with Crippen molar-refractivity contribution in [2.45, 2.75) is 43.4 Å². The fraction of sp³-hybridized carbons (Fsp3) is 0.600. The van der Waals surface area contributed by atoms with Crippen LogP contribution in [0.2, 0.25) is 5.02 Å². The van der Waals surface area contributed by atoms with Crippen LogP contribution in [0.1, 0.15) is 36.0 Å². The Morgan fingerprint density at radius 2 is 1.87 bits per heavy atom. The second kappa shape index (κ2) is 9.98. The number of carbonyl (C=O) groups excluding carboxylic acids is 1. The molecule has 2 aliphatic heterocycles. The molecule has 1 atom stereocenters. The number of amides is 1. The molecule has 6 nitrogen and oxygen atoms in total. The van der Waals surface area contributed by atoms with E-state index in [4.69, 9.17) is 26.2 Å². The molecule has 1 spiro atoms. The minimum Gasteiger partial charge on any atom is -0.475 e. The third-order valence-electron chi connectivity index (χ3n) is 5.89. The standard InChI is InChI=1S/C18H25ClN2O2.C2HF3O2/c1-20-16(13-23-2)6-7-18(20)8-10-21(11-9-18)17(22)14-4-3-5-15(19)12-14;3-2(4,5)1(6)7/h3-5,12,16H,6-11,13H2,1-2H3;(H,6,7). The first kappa shape index (κ1) is 24.4. The summed E-state index contributed by atoms with van der Waals surface area (Å²) in [5.41, 5.74) is 0.930. The average molecular weight is 451 g/mol. The van der Waals surface area contributed by atoms with Gasteiger partial charge in [0.2, 0.25) is 0 Å². The molecule has 1 N–H and O–H groups in total. The molecule has 0 bridgehead atoms. The zero-order valence-electron chi connectivity index (χ0n) is 16.9. The zero-order chi connectivity index (χ0) is 22.5. The summed E-state index contributed by atoms with van der Waals surface area (Å²) in [4.78, 5) is 26.0. The molecule has 1 aromatic rings. The van der Waals surface area contributed by atoms with Crippen molar-refractivity contribution < 1.29 is 32.6 Å². The van der Waals surface area contributed by atoms with E-state index in [2.05, 4.69) is 11.9 Å². The number of alkyl halides is 3. The summed E-state index contributed by atoms with van der Waals surface area (Å²) in [6.45, 7) is 2.42. The third-order valence-corrected chi connectivity index (χ3v) is 6.13. The summed E-state index contributed by atoms with van der Waals surface area (Å²) < 4.78 is 37.1. The number of benzene rings is 1. The van der Waals surface area contributed by atoms with E-state index in [0.717, 1.165) is 32.5 Å². The second-order valence-corrected chi connectivity index (χ2v) is 8.02. The lowest BCUT2D eigenvalue weighted by Crippen LogP contribution is -2.54. The topological polar surface area (TPSA) is 70.1 Å². The van der Waals surface area contributed by atoms with Crippen molar-refractivity contribution in [3.8, 4) is 0 Å². The molecule has 1 aromatic carbocycles. The largest absolute Gasteiger partial charge is 0.490 e. The highest BCUT2D eigenvalue weighted by atomic mass is 35.5. The normalized spacial score (nSPS) is 21.3. The van der Waals surface area contributed by atoms with E-state index in [1.54, 1.807) is 19.2 Å². The summed E-state index contributed by atoms with van der Waals surface area (Å²) in [6, 6.07) is 7.74. The maximum atomic E-state index is 12.6. The second-order valence-electron chi connectivity index (χ2n) is 7.59. The number of methoxy groups -OCH3 is 1. The van der Waals surface area contributed by atoms with Crippen LogP contribution in [0.3, 0.4) is 0 Å². The smallest absolute Gasteiger partial charge is 0.475 e. The lowest BCUT2D eigenvalue weighted by atomic mass is 9.85. The summed E-state index contributed by atoms with van der Waals surface area (Å²) >= 11 is 6.00. The fourth-order valence-corrected chi connectivity index (χ4v) is 4.30. The number of likely N-dealkylation sites (N-methyl/N-ethyl adjacent to an activating group) is 1. The Kier molecular flexibility index (Phi) is 8.13. The summed E-state index contributed by atoms with van der Waals surface area (Å²) in [5, 5.41) is 7.74. The molecule has 30 heavy (non-hydrogen) atoms. The van der Waals surface area contributed by atoms with Crippen molar-refractivity contribution in [3.63, 3.8) is 0 Å². The quantitative estimate of drug-likeness (QED) is 0.760. The van der Waals surface area contributed by atoms with Crippen LogP contribution in [0.25, 0.3) is 0 Å². The van der Waals surface area contributed by atoms with Crippen LogP contribution in [0.15, 0.2) is 24.3 Å². The van der Waals surface area contributed by atoms with Gasteiger partial charge in [-0.15, -0.1) is 0 Å². The van der Waals surface area contributed by atoms with Crippen LogP contribution in [-0.4, -0.2) is 78.4 Å². The van der Waals surface area contributed by atoms with Gasteiger partial charge in [0.25, 0.3) is 5.91 Å². The Labute approximate surface area is 178 Å². The molecular formula is C20H26ClF3N2O4. The predicted molar refractivity (Wildman–Crippen MR) is 106 cm³/mol. The molecule has 2 aliphatic rings. The van der Waals surface area contributed by atoms with Gasteiger partial charge in [0.15, 0.2) is 0 Å². The lowest BCUT2D eigenvalue weighted by molar-refractivity contribution is -0.192. The number of aliphatic carboxylic acids is 1. The molecule has 10 heteroatoms. The number of carboxylic acids is 1. The van der Waals surface area contributed by atoms with Gasteiger partial charge in [0.05, 0.1) is 6.61 Å². The predicted octanol–water partition coefficient (Wildman–Crippen LogP) is 3.69. The van der Waals surface area contributed by atoms with Gasteiger partial charge < -0.3 is 14.7 Å². The van der Waals surface area contributed by atoms with Crippen molar-refractivity contribution in [2.24, 2.45) is 0 Å². The number of piperidine rings is 1. The molecule has 168 valence electrons. The first-order valence-electron chi connectivity index (χ1n) is 9.57. The summed E-state index contributed by atoms with van der Waals surface area (Å²) in [7, 11) is 3.98. The summed E-state index contributed by atoms with van der Waals surface area (Å²) in [5.74, 6) is -2.66. The number of hydrogen-bond donors (Lipinski definition) is 1. The van der Waals surface area contributed by atoms with Gasteiger partial charge >= 0.3 is 12.1 Å². The highest BCUT2D eigenvalue weighted by Crippen LogP contribution is 2.40. The van der Waals surface area contributed by atoms with E-state index in [9.17, 15) is 18.0 Å². The zero-order valence-corrected chi connectivity index (χ0v) is 17.7. The Bertz CT molecular complexity index is 752. The number of likely N-dealkylation sites (tertiary alicyclic amines) is 2.